The van der Waals surface area contributed by atoms with Gasteiger partial charge in [-0.25, -0.2) is 0 Å². The van der Waals surface area contributed by atoms with E-state index in [0.29, 0.717) is 25.6 Å². The molecule has 116 valence electrons. The lowest BCUT2D eigenvalue weighted by molar-refractivity contribution is -0.123. The van der Waals surface area contributed by atoms with E-state index in [-0.39, 0.29) is 11.9 Å². The zero-order chi connectivity index (χ0) is 14.9. The van der Waals surface area contributed by atoms with Gasteiger partial charge in [0.2, 0.25) is 5.91 Å². The van der Waals surface area contributed by atoms with Gasteiger partial charge in [-0.1, -0.05) is 49.6 Å². The number of benzene rings is 1. The predicted molar refractivity (Wildman–Crippen MR) is 85.0 cm³/mol. The minimum Gasteiger partial charge on any atom is -0.381 e. The Morgan fingerprint density at radius 3 is 2.62 bits per heavy atom. The number of carbonyl (C=O) groups excluding carboxylic acids is 1. The largest absolute Gasteiger partial charge is 0.381 e. The summed E-state index contributed by atoms with van der Waals surface area (Å²) < 4.78 is 5.28. The highest BCUT2D eigenvalue weighted by Gasteiger charge is 2.26. The Balaban J connectivity index is 1.99. The normalized spacial score (nSPS) is 17.4. The Bertz CT molecular complexity index is 412. The molecular weight excluding hydrogens is 262 g/mol. The molecule has 0 spiro atoms. The minimum atomic E-state index is 0.0999. The fourth-order valence-electron chi connectivity index (χ4n) is 3.16. The van der Waals surface area contributed by atoms with Gasteiger partial charge in [0.15, 0.2) is 0 Å². The molecule has 1 atom stereocenters. The number of nitrogens with one attached hydrogen (secondary N) is 1. The van der Waals surface area contributed by atoms with Crippen LogP contribution in [-0.4, -0.2) is 19.1 Å². The van der Waals surface area contributed by atoms with Crippen molar-refractivity contribution in [1.82, 2.24) is 5.32 Å². The molecule has 1 N–H and O–H groups in total. The quantitative estimate of drug-likeness (QED) is 0.774. The first-order chi connectivity index (χ1) is 10.3. The molecule has 1 aliphatic carbocycles. The third-order valence-corrected chi connectivity index (χ3v) is 4.27. The molecule has 1 fully saturated rings. The average molecular weight is 289 g/mol. The van der Waals surface area contributed by atoms with E-state index in [1.54, 1.807) is 0 Å². The molecule has 1 aliphatic rings. The van der Waals surface area contributed by atoms with Gasteiger partial charge in [-0.15, -0.1) is 0 Å². The van der Waals surface area contributed by atoms with E-state index in [1.165, 1.54) is 37.7 Å². The lowest BCUT2D eigenvalue weighted by Crippen LogP contribution is -2.34. The van der Waals surface area contributed by atoms with Crippen LogP contribution in [0.3, 0.4) is 0 Å². The summed E-state index contributed by atoms with van der Waals surface area (Å²) in [6, 6.07) is 10.5. The molecule has 3 heteroatoms. The molecular formula is C18H27NO2. The van der Waals surface area contributed by atoms with Crippen molar-refractivity contribution in [2.75, 3.05) is 13.2 Å². The molecule has 1 unspecified atom stereocenters. The van der Waals surface area contributed by atoms with E-state index in [2.05, 4.69) is 29.6 Å². The van der Waals surface area contributed by atoms with Gasteiger partial charge >= 0.3 is 0 Å². The molecule has 21 heavy (non-hydrogen) atoms. The molecule has 0 aromatic heterocycles. The molecule has 0 heterocycles. The summed E-state index contributed by atoms with van der Waals surface area (Å²) >= 11 is 0. The summed E-state index contributed by atoms with van der Waals surface area (Å²) in [5.74, 6) is 0.667. The van der Waals surface area contributed by atoms with Crippen molar-refractivity contribution < 1.29 is 9.53 Å². The van der Waals surface area contributed by atoms with Crippen LogP contribution in [0.15, 0.2) is 30.3 Å². The van der Waals surface area contributed by atoms with Crippen molar-refractivity contribution in [3.8, 4) is 0 Å². The smallest absolute Gasteiger partial charge is 0.222 e. The van der Waals surface area contributed by atoms with Gasteiger partial charge in [-0.3, -0.25) is 4.79 Å². The lowest BCUT2D eigenvalue weighted by atomic mass is 9.81. The van der Waals surface area contributed by atoms with E-state index < -0.39 is 0 Å². The van der Waals surface area contributed by atoms with Crippen LogP contribution >= 0.6 is 0 Å². The van der Waals surface area contributed by atoms with Gasteiger partial charge in [-0.05, 0) is 31.2 Å². The molecule has 1 saturated carbocycles. The first-order valence-electron chi connectivity index (χ1n) is 8.23. The van der Waals surface area contributed by atoms with Crippen LogP contribution in [0.5, 0.6) is 0 Å². The van der Waals surface area contributed by atoms with E-state index in [4.69, 9.17) is 4.74 Å². The summed E-state index contributed by atoms with van der Waals surface area (Å²) in [7, 11) is 0. The Kier molecular flexibility index (Phi) is 6.74. The summed E-state index contributed by atoms with van der Waals surface area (Å²) in [6.45, 7) is 3.12. The van der Waals surface area contributed by atoms with E-state index in [1.807, 2.05) is 13.0 Å². The third kappa shape index (κ3) is 5.16. The van der Waals surface area contributed by atoms with Crippen molar-refractivity contribution in [2.45, 2.75) is 51.5 Å². The number of rotatable bonds is 7. The average Bonchev–Trinajstić information content (AvgIpc) is 2.54. The summed E-state index contributed by atoms with van der Waals surface area (Å²) in [4.78, 5) is 12.2. The summed E-state index contributed by atoms with van der Waals surface area (Å²) in [6.07, 6.45) is 6.77. The van der Waals surface area contributed by atoms with Gasteiger partial charge in [-0.2, -0.15) is 0 Å². The van der Waals surface area contributed by atoms with Crippen LogP contribution in [0.1, 0.15) is 57.1 Å². The third-order valence-electron chi connectivity index (χ3n) is 4.27. The molecule has 0 bridgehead atoms. The number of ether oxygens (including phenoxy) is 1. The maximum absolute atomic E-state index is 12.2. The molecule has 0 saturated heterocycles. The Morgan fingerprint density at radius 2 is 1.95 bits per heavy atom. The highest BCUT2D eigenvalue weighted by molar-refractivity contribution is 5.76. The van der Waals surface area contributed by atoms with Gasteiger partial charge < -0.3 is 10.1 Å². The zero-order valence-electron chi connectivity index (χ0n) is 13.0. The van der Waals surface area contributed by atoms with Crippen LogP contribution < -0.4 is 5.32 Å². The first-order valence-corrected chi connectivity index (χ1v) is 8.23. The van der Waals surface area contributed by atoms with Gasteiger partial charge in [0.05, 0.1) is 12.6 Å². The monoisotopic (exact) mass is 289 g/mol. The van der Waals surface area contributed by atoms with Crippen molar-refractivity contribution in [3.05, 3.63) is 35.9 Å². The molecule has 0 radical (unpaired) electrons. The molecule has 3 nitrogen and oxygen atoms in total. The topological polar surface area (TPSA) is 38.3 Å². The Labute approximate surface area is 128 Å². The van der Waals surface area contributed by atoms with Crippen LogP contribution in [0.25, 0.3) is 0 Å². The summed E-state index contributed by atoms with van der Waals surface area (Å²) in [5.41, 5.74) is 1.23. The van der Waals surface area contributed by atoms with Gasteiger partial charge in [0.1, 0.15) is 0 Å². The molecule has 1 aromatic carbocycles. The van der Waals surface area contributed by atoms with Crippen LogP contribution in [-0.2, 0) is 9.53 Å². The van der Waals surface area contributed by atoms with E-state index in [0.717, 1.165) is 0 Å². The first kappa shape index (κ1) is 16.0. The minimum absolute atomic E-state index is 0.0999. The SMILES string of the molecule is CCOCCC(=O)NC(c1ccccc1)C1CCCCC1. The molecule has 2 rings (SSSR count). The van der Waals surface area contributed by atoms with Gasteiger partial charge in [0.25, 0.3) is 0 Å². The highest BCUT2D eigenvalue weighted by atomic mass is 16.5. The highest BCUT2D eigenvalue weighted by Crippen LogP contribution is 2.34. The number of amides is 1. The van der Waals surface area contributed by atoms with Crippen molar-refractivity contribution >= 4 is 5.91 Å². The standard InChI is InChI=1S/C18H27NO2/c1-2-21-14-13-17(20)19-18(15-9-5-3-6-10-15)16-11-7-4-8-12-16/h3,5-6,9-10,16,18H,2,4,7-8,11-14H2,1H3,(H,19,20). The number of hydrogen-bond acceptors (Lipinski definition) is 2. The molecule has 1 aromatic rings. The van der Waals surface area contributed by atoms with Crippen molar-refractivity contribution in [1.29, 1.82) is 0 Å². The van der Waals surface area contributed by atoms with E-state index in [9.17, 15) is 4.79 Å². The predicted octanol–water partition coefficient (Wildman–Crippen LogP) is 3.85. The fourth-order valence-corrected chi connectivity index (χ4v) is 3.16. The number of carbonyl (C=O) groups is 1. The maximum atomic E-state index is 12.2. The second-order valence-electron chi connectivity index (χ2n) is 5.80. The fraction of sp³-hybridized carbons (Fsp3) is 0.611. The molecule has 0 aliphatic heterocycles. The van der Waals surface area contributed by atoms with Gasteiger partial charge in [0, 0.05) is 13.0 Å². The number of hydrogen-bond donors (Lipinski definition) is 1. The van der Waals surface area contributed by atoms with E-state index >= 15 is 0 Å². The second kappa shape index (κ2) is 8.83. The summed E-state index contributed by atoms with van der Waals surface area (Å²) in [5, 5.41) is 3.24. The lowest BCUT2D eigenvalue weighted by Gasteiger charge is -2.31. The maximum Gasteiger partial charge on any atom is 0.222 e. The van der Waals surface area contributed by atoms with Crippen LogP contribution in [0, 0.1) is 5.92 Å². The Morgan fingerprint density at radius 1 is 1.24 bits per heavy atom. The van der Waals surface area contributed by atoms with Crippen molar-refractivity contribution in [3.63, 3.8) is 0 Å². The van der Waals surface area contributed by atoms with Crippen molar-refractivity contribution in [2.24, 2.45) is 5.92 Å². The van der Waals surface area contributed by atoms with Crippen LogP contribution in [0.4, 0.5) is 0 Å². The Hall–Kier alpha value is -1.35. The zero-order valence-corrected chi connectivity index (χ0v) is 13.0. The molecule has 1 amide bonds. The second-order valence-corrected chi connectivity index (χ2v) is 5.80. The van der Waals surface area contributed by atoms with Crippen LogP contribution in [0.2, 0.25) is 0 Å².